The molecule has 0 bridgehead atoms. The van der Waals surface area contributed by atoms with Gasteiger partial charge in [-0.2, -0.15) is 0 Å². The molecule has 0 aromatic heterocycles. The van der Waals surface area contributed by atoms with Crippen LogP contribution < -0.4 is 10.6 Å². The maximum absolute atomic E-state index is 11.8. The van der Waals surface area contributed by atoms with E-state index in [2.05, 4.69) is 10.6 Å². The highest BCUT2D eigenvalue weighted by Crippen LogP contribution is 2.11. The minimum absolute atomic E-state index is 0.0895. The van der Waals surface area contributed by atoms with Gasteiger partial charge in [0.2, 0.25) is 5.91 Å². The number of nitro groups is 1. The van der Waals surface area contributed by atoms with Crippen molar-refractivity contribution in [3.8, 4) is 0 Å². The van der Waals surface area contributed by atoms with Gasteiger partial charge in [-0.25, -0.2) is 0 Å². The van der Waals surface area contributed by atoms with E-state index in [1.807, 2.05) is 0 Å². The summed E-state index contributed by atoms with van der Waals surface area (Å²) >= 11 is 0. The number of benzene rings is 1. The largest absolute Gasteiger partial charge is 0.355 e. The van der Waals surface area contributed by atoms with Gasteiger partial charge >= 0.3 is 0 Å². The summed E-state index contributed by atoms with van der Waals surface area (Å²) in [6.45, 7) is 3.83. The van der Waals surface area contributed by atoms with Crippen LogP contribution in [0.2, 0.25) is 0 Å². The molecule has 0 spiro atoms. The summed E-state index contributed by atoms with van der Waals surface area (Å²) in [6, 6.07) is 4.51. The van der Waals surface area contributed by atoms with E-state index in [1.165, 1.54) is 24.3 Å². The van der Waals surface area contributed by atoms with Gasteiger partial charge in [0.25, 0.3) is 11.6 Å². The first-order valence-electron chi connectivity index (χ1n) is 5.78. The van der Waals surface area contributed by atoms with Crippen LogP contribution in [-0.2, 0) is 4.79 Å². The molecule has 0 aliphatic rings. The topological polar surface area (TPSA) is 101 Å². The molecule has 2 N–H and O–H groups in total. The quantitative estimate of drug-likeness (QED) is 0.608. The third-order valence-corrected chi connectivity index (χ3v) is 2.43. The average Bonchev–Trinajstić information content (AvgIpc) is 2.38. The summed E-state index contributed by atoms with van der Waals surface area (Å²) in [5.74, 6) is -0.730. The maximum Gasteiger partial charge on any atom is 0.269 e. The molecule has 0 saturated carbocycles. The van der Waals surface area contributed by atoms with Gasteiger partial charge in [-0.15, -0.1) is 0 Å². The lowest BCUT2D eigenvalue weighted by Crippen LogP contribution is -2.44. The van der Waals surface area contributed by atoms with Crippen molar-refractivity contribution in [3.05, 3.63) is 39.9 Å². The molecule has 0 unspecified atom stereocenters. The summed E-state index contributed by atoms with van der Waals surface area (Å²) in [6.07, 6.45) is 0. The molecule has 19 heavy (non-hydrogen) atoms. The monoisotopic (exact) mass is 265 g/mol. The molecule has 0 radical (unpaired) electrons. The number of hydrogen-bond donors (Lipinski definition) is 2. The number of carbonyl (C=O) groups is 2. The minimum Gasteiger partial charge on any atom is -0.355 e. The smallest absolute Gasteiger partial charge is 0.269 e. The zero-order valence-corrected chi connectivity index (χ0v) is 10.7. The zero-order valence-electron chi connectivity index (χ0n) is 10.7. The predicted octanol–water partition coefficient (Wildman–Crippen LogP) is 0.849. The first-order chi connectivity index (χ1) is 8.95. The fourth-order valence-electron chi connectivity index (χ4n) is 1.41. The normalized spacial score (nSPS) is 11.5. The van der Waals surface area contributed by atoms with Crippen LogP contribution >= 0.6 is 0 Å². The lowest BCUT2D eigenvalue weighted by atomic mass is 10.2. The van der Waals surface area contributed by atoms with E-state index in [0.29, 0.717) is 6.54 Å². The van der Waals surface area contributed by atoms with Crippen molar-refractivity contribution in [3.63, 3.8) is 0 Å². The summed E-state index contributed by atoms with van der Waals surface area (Å²) in [4.78, 5) is 33.2. The molecule has 7 heteroatoms. The highest BCUT2D eigenvalue weighted by atomic mass is 16.6. The number of carbonyl (C=O) groups excluding carboxylic acids is 2. The number of nitrogens with one attached hydrogen (secondary N) is 2. The highest BCUT2D eigenvalue weighted by molar-refractivity contribution is 5.97. The second kappa shape index (κ2) is 6.48. The van der Waals surface area contributed by atoms with E-state index in [4.69, 9.17) is 0 Å². The molecule has 102 valence electrons. The van der Waals surface area contributed by atoms with Crippen LogP contribution in [0.5, 0.6) is 0 Å². The van der Waals surface area contributed by atoms with Gasteiger partial charge in [0.05, 0.1) is 4.92 Å². The number of rotatable bonds is 5. The Balaban J connectivity index is 2.68. The third kappa shape index (κ3) is 4.06. The van der Waals surface area contributed by atoms with Crippen molar-refractivity contribution in [2.75, 3.05) is 6.54 Å². The average molecular weight is 265 g/mol. The summed E-state index contributed by atoms with van der Waals surface area (Å²) < 4.78 is 0. The standard InChI is InChI=1S/C12H15N3O4/c1-3-13-11(16)8(2)14-12(17)9-4-6-10(7-5-9)15(18)19/h4-8H,3H2,1-2H3,(H,13,16)(H,14,17)/t8-/m1/s1. The van der Waals surface area contributed by atoms with Gasteiger partial charge in [-0.3, -0.25) is 19.7 Å². The molecule has 0 saturated heterocycles. The molecular formula is C12H15N3O4. The van der Waals surface area contributed by atoms with Crippen LogP contribution in [0.15, 0.2) is 24.3 Å². The van der Waals surface area contributed by atoms with Crippen LogP contribution in [0.3, 0.4) is 0 Å². The fourth-order valence-corrected chi connectivity index (χ4v) is 1.41. The molecule has 1 aromatic carbocycles. The number of likely N-dealkylation sites (N-methyl/N-ethyl adjacent to an activating group) is 1. The van der Waals surface area contributed by atoms with E-state index in [0.717, 1.165) is 0 Å². The van der Waals surface area contributed by atoms with Crippen molar-refractivity contribution < 1.29 is 14.5 Å². The van der Waals surface area contributed by atoms with E-state index in [-0.39, 0.29) is 17.2 Å². The van der Waals surface area contributed by atoms with E-state index >= 15 is 0 Å². The van der Waals surface area contributed by atoms with Crippen LogP contribution in [0.4, 0.5) is 5.69 Å². The molecule has 0 fully saturated rings. The molecule has 1 aromatic rings. The summed E-state index contributed by atoms with van der Waals surface area (Å²) in [7, 11) is 0. The van der Waals surface area contributed by atoms with Gasteiger partial charge in [0.15, 0.2) is 0 Å². The Kier molecular flexibility index (Phi) is 4.99. The van der Waals surface area contributed by atoms with Crippen molar-refractivity contribution in [2.45, 2.75) is 19.9 Å². The molecule has 0 aliphatic heterocycles. The molecule has 1 rings (SSSR count). The number of non-ortho nitro benzene ring substituents is 1. The second-order valence-corrected chi connectivity index (χ2v) is 3.89. The Morgan fingerprint density at radius 2 is 1.89 bits per heavy atom. The molecule has 2 amide bonds. The highest BCUT2D eigenvalue weighted by Gasteiger charge is 2.16. The third-order valence-electron chi connectivity index (χ3n) is 2.43. The lowest BCUT2D eigenvalue weighted by Gasteiger charge is -2.13. The van der Waals surface area contributed by atoms with Crippen LogP contribution in [0.1, 0.15) is 24.2 Å². The Morgan fingerprint density at radius 3 is 2.37 bits per heavy atom. The Morgan fingerprint density at radius 1 is 1.32 bits per heavy atom. The zero-order chi connectivity index (χ0) is 14.4. The summed E-state index contributed by atoms with van der Waals surface area (Å²) in [5.41, 5.74) is 0.176. The SMILES string of the molecule is CCNC(=O)[C@@H](C)NC(=O)c1ccc([N+](=O)[O-])cc1. The Labute approximate surface area is 110 Å². The fraction of sp³-hybridized carbons (Fsp3) is 0.333. The first-order valence-corrected chi connectivity index (χ1v) is 5.78. The van der Waals surface area contributed by atoms with Crippen LogP contribution in [0, 0.1) is 10.1 Å². The van der Waals surface area contributed by atoms with E-state index < -0.39 is 16.9 Å². The number of amides is 2. The van der Waals surface area contributed by atoms with E-state index in [9.17, 15) is 19.7 Å². The maximum atomic E-state index is 11.8. The number of hydrogen-bond acceptors (Lipinski definition) is 4. The van der Waals surface area contributed by atoms with Gasteiger partial charge in [0.1, 0.15) is 6.04 Å². The first kappa shape index (κ1) is 14.6. The molecule has 0 aliphatic carbocycles. The Hall–Kier alpha value is -2.44. The van der Waals surface area contributed by atoms with Crippen molar-refractivity contribution in [1.82, 2.24) is 10.6 Å². The van der Waals surface area contributed by atoms with Crippen molar-refractivity contribution >= 4 is 17.5 Å². The van der Waals surface area contributed by atoms with Gasteiger partial charge in [-0.05, 0) is 26.0 Å². The summed E-state index contributed by atoms with van der Waals surface area (Å²) in [5, 5.41) is 15.6. The number of nitrogens with zero attached hydrogens (tertiary/aromatic N) is 1. The van der Waals surface area contributed by atoms with E-state index in [1.54, 1.807) is 13.8 Å². The minimum atomic E-state index is -0.664. The van der Waals surface area contributed by atoms with Gasteiger partial charge in [0, 0.05) is 24.2 Å². The Bertz CT molecular complexity index is 484. The molecule has 7 nitrogen and oxygen atoms in total. The van der Waals surface area contributed by atoms with Gasteiger partial charge in [-0.1, -0.05) is 0 Å². The van der Waals surface area contributed by atoms with Crippen LogP contribution in [-0.4, -0.2) is 29.3 Å². The predicted molar refractivity (Wildman–Crippen MR) is 68.7 cm³/mol. The lowest BCUT2D eigenvalue weighted by molar-refractivity contribution is -0.384. The molecule has 1 atom stereocenters. The van der Waals surface area contributed by atoms with Crippen LogP contribution in [0.25, 0.3) is 0 Å². The van der Waals surface area contributed by atoms with Gasteiger partial charge < -0.3 is 10.6 Å². The van der Waals surface area contributed by atoms with Crippen molar-refractivity contribution in [1.29, 1.82) is 0 Å². The molecular weight excluding hydrogens is 250 g/mol. The van der Waals surface area contributed by atoms with Crippen molar-refractivity contribution in [2.24, 2.45) is 0 Å². The number of nitro benzene ring substituents is 1. The molecule has 0 heterocycles. The second-order valence-electron chi connectivity index (χ2n) is 3.89.